The lowest BCUT2D eigenvalue weighted by Gasteiger charge is -2.51. The minimum absolute atomic E-state index is 0.0588. The van der Waals surface area contributed by atoms with Gasteiger partial charge in [-0.1, -0.05) is 13.8 Å². The molecule has 1 aliphatic rings. The third-order valence-electron chi connectivity index (χ3n) is 3.63. The number of nitrogens with two attached hydrogens (primary N) is 1. The predicted octanol–water partition coefficient (Wildman–Crippen LogP) is 0.0665. The quantitative estimate of drug-likeness (QED) is 0.723. The molecule has 0 heterocycles. The Kier molecular flexibility index (Phi) is 3.99. The third kappa shape index (κ3) is 2.40. The molecule has 3 atom stereocenters. The van der Waals surface area contributed by atoms with E-state index in [1.54, 1.807) is 14.0 Å². The van der Waals surface area contributed by atoms with Crippen LogP contribution >= 0.6 is 0 Å². The highest BCUT2D eigenvalue weighted by Crippen LogP contribution is 2.42. The van der Waals surface area contributed by atoms with Crippen molar-refractivity contribution in [2.24, 2.45) is 11.1 Å². The maximum absolute atomic E-state index is 11.8. The second-order valence-electron chi connectivity index (χ2n) is 5.04. The Morgan fingerprint density at radius 2 is 2.12 bits per heavy atom. The van der Waals surface area contributed by atoms with Gasteiger partial charge in [-0.05, 0) is 13.3 Å². The van der Waals surface area contributed by atoms with Crippen LogP contribution in [0, 0.1) is 5.41 Å². The van der Waals surface area contributed by atoms with E-state index >= 15 is 0 Å². The molecule has 0 aromatic rings. The molecule has 5 nitrogen and oxygen atoms in total. The van der Waals surface area contributed by atoms with E-state index in [0.717, 1.165) is 6.42 Å². The smallest absolute Gasteiger partial charge is 0.215 e. The topological polar surface area (TPSA) is 81.4 Å². The predicted molar refractivity (Wildman–Crippen MR) is 63.6 cm³/mol. The molecule has 1 aliphatic carbocycles. The Bertz CT molecular complexity index is 340. The van der Waals surface area contributed by atoms with Crippen LogP contribution in [0.5, 0.6) is 0 Å². The Morgan fingerprint density at radius 3 is 2.50 bits per heavy atom. The van der Waals surface area contributed by atoms with Gasteiger partial charge in [0.15, 0.2) is 0 Å². The van der Waals surface area contributed by atoms with E-state index in [9.17, 15) is 8.42 Å². The number of sulfonamides is 1. The van der Waals surface area contributed by atoms with Crippen LogP contribution in [0.3, 0.4) is 0 Å². The zero-order valence-corrected chi connectivity index (χ0v) is 11.2. The zero-order valence-electron chi connectivity index (χ0n) is 10.4. The number of rotatable bonds is 5. The average molecular weight is 250 g/mol. The summed E-state index contributed by atoms with van der Waals surface area (Å²) in [5.74, 6) is 0. The Labute approximate surface area is 97.8 Å². The van der Waals surface area contributed by atoms with Gasteiger partial charge in [0.2, 0.25) is 10.0 Å². The van der Waals surface area contributed by atoms with Gasteiger partial charge < -0.3 is 10.5 Å². The molecule has 0 aromatic heterocycles. The van der Waals surface area contributed by atoms with Crippen LogP contribution in [0.2, 0.25) is 0 Å². The first-order valence-corrected chi connectivity index (χ1v) is 7.04. The van der Waals surface area contributed by atoms with Crippen molar-refractivity contribution in [2.45, 2.75) is 44.6 Å². The van der Waals surface area contributed by atoms with Crippen LogP contribution in [0.25, 0.3) is 0 Å². The molecular formula is C10H22N2O3S. The first-order valence-electron chi connectivity index (χ1n) is 5.49. The number of hydrogen-bond acceptors (Lipinski definition) is 4. The second-order valence-corrected chi connectivity index (χ2v) is 7.17. The van der Waals surface area contributed by atoms with Crippen LogP contribution in [-0.2, 0) is 14.8 Å². The van der Waals surface area contributed by atoms with Crippen LogP contribution < -0.4 is 10.5 Å². The van der Waals surface area contributed by atoms with E-state index in [1.807, 2.05) is 13.8 Å². The van der Waals surface area contributed by atoms with Crippen molar-refractivity contribution < 1.29 is 13.2 Å². The highest BCUT2D eigenvalue weighted by Gasteiger charge is 2.50. The minimum Gasteiger partial charge on any atom is -0.381 e. The third-order valence-corrected chi connectivity index (χ3v) is 5.50. The van der Waals surface area contributed by atoms with Gasteiger partial charge in [0.25, 0.3) is 0 Å². The molecule has 16 heavy (non-hydrogen) atoms. The second kappa shape index (κ2) is 4.60. The Balaban J connectivity index is 2.65. The van der Waals surface area contributed by atoms with Gasteiger partial charge in [0.05, 0.1) is 11.4 Å². The number of ether oxygens (including phenoxy) is 1. The standard InChI is InChI=1S/C10H22N2O3S/c1-7(6-11)16(13,14)12-8-5-9(15-4)10(8,2)3/h7-9,12H,5-6,11H2,1-4H3. The molecule has 3 N–H and O–H groups in total. The van der Waals surface area contributed by atoms with E-state index in [0.29, 0.717) is 0 Å². The molecule has 0 spiro atoms. The van der Waals surface area contributed by atoms with E-state index in [2.05, 4.69) is 4.72 Å². The molecule has 0 aromatic carbocycles. The summed E-state index contributed by atoms with van der Waals surface area (Å²) in [6, 6.07) is -0.0588. The van der Waals surface area contributed by atoms with Gasteiger partial charge in [-0.15, -0.1) is 0 Å². The SMILES string of the molecule is COC1CC(NS(=O)(=O)C(C)CN)C1(C)C. The average Bonchev–Trinajstić information content (AvgIpc) is 2.22. The van der Waals surface area contributed by atoms with E-state index in [-0.39, 0.29) is 24.1 Å². The summed E-state index contributed by atoms with van der Waals surface area (Å²) in [7, 11) is -1.65. The fraction of sp³-hybridized carbons (Fsp3) is 1.00. The van der Waals surface area contributed by atoms with E-state index in [1.165, 1.54) is 0 Å². The summed E-state index contributed by atoms with van der Waals surface area (Å²) in [6.45, 7) is 5.76. The summed E-state index contributed by atoms with van der Waals surface area (Å²) in [5, 5.41) is -0.551. The highest BCUT2D eigenvalue weighted by atomic mass is 32.2. The molecular weight excluding hydrogens is 228 g/mol. The van der Waals surface area contributed by atoms with Crippen LogP contribution in [-0.4, -0.2) is 39.5 Å². The van der Waals surface area contributed by atoms with E-state index < -0.39 is 15.3 Å². The van der Waals surface area contributed by atoms with Gasteiger partial charge >= 0.3 is 0 Å². The van der Waals surface area contributed by atoms with Gasteiger partial charge in [0, 0.05) is 25.1 Å². The van der Waals surface area contributed by atoms with Crippen LogP contribution in [0.4, 0.5) is 0 Å². The number of methoxy groups -OCH3 is 1. The molecule has 0 radical (unpaired) electrons. The molecule has 1 saturated carbocycles. The molecule has 0 aliphatic heterocycles. The maximum Gasteiger partial charge on any atom is 0.215 e. The summed E-state index contributed by atoms with van der Waals surface area (Å²) < 4.78 is 31.6. The summed E-state index contributed by atoms with van der Waals surface area (Å²) in [5.41, 5.74) is 5.21. The Morgan fingerprint density at radius 1 is 1.56 bits per heavy atom. The van der Waals surface area contributed by atoms with Crippen molar-refractivity contribution in [3.63, 3.8) is 0 Å². The molecule has 1 fully saturated rings. The fourth-order valence-corrected chi connectivity index (χ4v) is 3.21. The molecule has 96 valence electrons. The lowest BCUT2D eigenvalue weighted by Crippen LogP contribution is -2.62. The Hall–Kier alpha value is -0.170. The summed E-state index contributed by atoms with van der Waals surface area (Å²) >= 11 is 0. The molecule has 0 saturated heterocycles. The highest BCUT2D eigenvalue weighted by molar-refractivity contribution is 7.90. The van der Waals surface area contributed by atoms with Crippen LogP contribution in [0.1, 0.15) is 27.2 Å². The lowest BCUT2D eigenvalue weighted by molar-refractivity contribution is -0.0909. The normalized spacial score (nSPS) is 30.8. The summed E-state index contributed by atoms with van der Waals surface area (Å²) in [4.78, 5) is 0. The van der Waals surface area contributed by atoms with Gasteiger partial charge in [0.1, 0.15) is 0 Å². The van der Waals surface area contributed by atoms with Gasteiger partial charge in [-0.2, -0.15) is 0 Å². The maximum atomic E-state index is 11.8. The van der Waals surface area contributed by atoms with Crippen molar-refractivity contribution in [3.05, 3.63) is 0 Å². The zero-order chi connectivity index (χ0) is 12.6. The number of hydrogen-bond donors (Lipinski definition) is 2. The first-order chi connectivity index (χ1) is 7.25. The lowest BCUT2D eigenvalue weighted by atomic mass is 9.65. The van der Waals surface area contributed by atoms with Gasteiger partial charge in [-0.25, -0.2) is 13.1 Å². The first kappa shape index (κ1) is 13.9. The largest absolute Gasteiger partial charge is 0.381 e. The number of nitrogens with one attached hydrogen (secondary N) is 1. The molecule has 3 unspecified atom stereocenters. The van der Waals surface area contributed by atoms with Crippen molar-refractivity contribution in [1.82, 2.24) is 4.72 Å². The summed E-state index contributed by atoms with van der Waals surface area (Å²) in [6.07, 6.45) is 0.841. The van der Waals surface area contributed by atoms with Crippen molar-refractivity contribution >= 4 is 10.0 Å². The molecule has 1 rings (SSSR count). The van der Waals surface area contributed by atoms with Crippen molar-refractivity contribution in [2.75, 3.05) is 13.7 Å². The van der Waals surface area contributed by atoms with Crippen LogP contribution in [0.15, 0.2) is 0 Å². The molecule has 0 bridgehead atoms. The van der Waals surface area contributed by atoms with Crippen molar-refractivity contribution in [1.29, 1.82) is 0 Å². The molecule has 0 amide bonds. The fourth-order valence-electron chi connectivity index (χ4n) is 1.93. The monoisotopic (exact) mass is 250 g/mol. The van der Waals surface area contributed by atoms with Crippen molar-refractivity contribution in [3.8, 4) is 0 Å². The molecule has 6 heteroatoms. The van der Waals surface area contributed by atoms with Gasteiger partial charge in [-0.3, -0.25) is 0 Å². The minimum atomic E-state index is -3.30. The van der Waals surface area contributed by atoms with E-state index in [4.69, 9.17) is 10.5 Å².